The summed E-state index contributed by atoms with van der Waals surface area (Å²) in [5.74, 6) is 0. The zero-order valence-electron chi connectivity index (χ0n) is 33.3. The van der Waals surface area contributed by atoms with Gasteiger partial charge in [-0.3, -0.25) is 0 Å². The number of hydrogen-bond donors (Lipinski definition) is 0. The van der Waals surface area contributed by atoms with Gasteiger partial charge in [-0.1, -0.05) is 200 Å². The molecule has 0 aliphatic heterocycles. The molecule has 280 valence electrons. The van der Waals surface area contributed by atoms with Crippen LogP contribution in [0.25, 0.3) is 39.5 Å². The van der Waals surface area contributed by atoms with E-state index in [2.05, 4.69) is 231 Å². The predicted octanol–water partition coefficient (Wildman–Crippen LogP) is 14.5. The van der Waals surface area contributed by atoms with E-state index in [0.29, 0.717) is 0 Å². The lowest BCUT2D eigenvalue weighted by Gasteiger charge is -2.34. The van der Waals surface area contributed by atoms with E-state index in [9.17, 15) is 0 Å². The molecular weight excluding hydrogens is 699 g/mol. The second-order valence-corrected chi connectivity index (χ2v) is 15.6. The van der Waals surface area contributed by atoms with E-state index in [4.69, 9.17) is 0 Å². The smallest absolute Gasteiger partial charge is 0.0504 e. The summed E-state index contributed by atoms with van der Waals surface area (Å²) in [6, 6.07) is 72.6. The summed E-state index contributed by atoms with van der Waals surface area (Å²) in [6.45, 7) is 6.15. The van der Waals surface area contributed by atoms with E-state index < -0.39 is 0 Å². The first-order valence-corrected chi connectivity index (χ1v) is 20.3. The Labute approximate surface area is 343 Å². The summed E-state index contributed by atoms with van der Waals surface area (Å²) >= 11 is 0. The van der Waals surface area contributed by atoms with Gasteiger partial charge in [-0.25, -0.2) is 0 Å². The minimum absolute atomic E-state index is 0.353. The van der Waals surface area contributed by atoms with Crippen LogP contribution in [0.15, 0.2) is 218 Å². The van der Waals surface area contributed by atoms with Crippen LogP contribution in [0.2, 0.25) is 0 Å². The van der Waals surface area contributed by atoms with Crippen molar-refractivity contribution in [1.82, 2.24) is 0 Å². The lowest BCUT2D eigenvalue weighted by Crippen LogP contribution is -2.30. The predicted molar refractivity (Wildman–Crippen MR) is 247 cm³/mol. The maximum atomic E-state index is 4.10. The quantitative estimate of drug-likeness (QED) is 0.140. The van der Waals surface area contributed by atoms with Crippen LogP contribution in [-0.4, -0.2) is 7.05 Å². The molecule has 1 atom stereocenters. The Hall–Kier alpha value is -6.96. The molecule has 58 heavy (non-hydrogen) atoms. The molecule has 0 fully saturated rings. The Morgan fingerprint density at radius 2 is 1.07 bits per heavy atom. The minimum Gasteiger partial charge on any atom is -0.345 e. The molecule has 8 aromatic carbocycles. The van der Waals surface area contributed by atoms with E-state index >= 15 is 0 Å². The third-order valence-corrected chi connectivity index (χ3v) is 11.9. The van der Waals surface area contributed by atoms with Crippen molar-refractivity contribution in [3.63, 3.8) is 0 Å². The van der Waals surface area contributed by atoms with Gasteiger partial charge in [0, 0.05) is 18.4 Å². The number of fused-ring (bicyclic) bond motifs is 6. The maximum Gasteiger partial charge on any atom is 0.0504 e. The van der Waals surface area contributed by atoms with E-state index in [-0.39, 0.29) is 5.41 Å². The Kier molecular flexibility index (Phi) is 10.0. The van der Waals surface area contributed by atoms with Crippen LogP contribution < -0.4 is 4.90 Å². The highest BCUT2D eigenvalue weighted by molar-refractivity contribution is 5.86. The van der Waals surface area contributed by atoms with Crippen LogP contribution in [0.5, 0.6) is 0 Å². The first kappa shape index (κ1) is 36.7. The normalized spacial score (nSPS) is 14.4. The molecule has 0 spiro atoms. The van der Waals surface area contributed by atoms with Crippen molar-refractivity contribution in [2.45, 2.75) is 25.2 Å². The topological polar surface area (TPSA) is 3.24 Å². The van der Waals surface area contributed by atoms with Crippen molar-refractivity contribution in [2.24, 2.45) is 0 Å². The van der Waals surface area contributed by atoms with Crippen molar-refractivity contribution in [3.8, 4) is 33.4 Å². The Morgan fingerprint density at radius 3 is 1.76 bits per heavy atom. The number of rotatable bonds is 8. The summed E-state index contributed by atoms with van der Waals surface area (Å²) in [5, 5.41) is 0. The summed E-state index contributed by atoms with van der Waals surface area (Å²) < 4.78 is 0. The minimum atomic E-state index is -0.353. The molecule has 0 bridgehead atoms. The van der Waals surface area contributed by atoms with Crippen LogP contribution in [0, 0.1) is 0 Å². The Bertz CT molecular complexity index is 2710. The van der Waals surface area contributed by atoms with Gasteiger partial charge in [0.25, 0.3) is 0 Å². The van der Waals surface area contributed by atoms with Gasteiger partial charge in [0.05, 0.1) is 5.41 Å². The molecule has 0 N–H and O–H groups in total. The molecule has 0 aromatic heterocycles. The third-order valence-electron chi connectivity index (χ3n) is 11.9. The molecule has 8 aromatic rings. The lowest BCUT2D eigenvalue weighted by atomic mass is 9.68. The van der Waals surface area contributed by atoms with Crippen molar-refractivity contribution in [2.75, 3.05) is 11.9 Å². The molecule has 0 saturated carbocycles. The third kappa shape index (κ3) is 6.90. The Balaban J connectivity index is 0.000000281. The molecule has 0 amide bonds. The molecule has 2 aliphatic carbocycles. The number of allylic oxidation sites excluding steroid dienone is 2. The van der Waals surface area contributed by atoms with E-state index in [1.165, 1.54) is 78.0 Å². The zero-order chi connectivity index (χ0) is 39.5. The molecule has 0 heterocycles. The molecule has 1 unspecified atom stereocenters. The van der Waals surface area contributed by atoms with Gasteiger partial charge in [0.2, 0.25) is 0 Å². The largest absolute Gasteiger partial charge is 0.345 e. The van der Waals surface area contributed by atoms with Crippen LogP contribution in [-0.2, 0) is 18.3 Å². The van der Waals surface area contributed by atoms with Gasteiger partial charge < -0.3 is 4.90 Å². The fourth-order valence-corrected chi connectivity index (χ4v) is 9.00. The summed E-state index contributed by atoms with van der Waals surface area (Å²) in [6.07, 6.45) is 6.27. The van der Waals surface area contributed by atoms with Crippen LogP contribution in [0.4, 0.5) is 11.4 Å². The maximum absolute atomic E-state index is 4.10. The van der Waals surface area contributed by atoms with Gasteiger partial charge in [0.15, 0.2) is 0 Å². The highest BCUT2D eigenvalue weighted by atomic mass is 15.1. The molecule has 1 heteroatoms. The molecule has 0 radical (unpaired) electrons. The first-order valence-electron chi connectivity index (χ1n) is 20.3. The van der Waals surface area contributed by atoms with Crippen molar-refractivity contribution < 1.29 is 0 Å². The highest BCUT2D eigenvalue weighted by Crippen LogP contribution is 2.55. The number of anilines is 2. The van der Waals surface area contributed by atoms with Gasteiger partial charge >= 0.3 is 0 Å². The standard InChI is InChI=1S/C44H37N.C13H10/c1-32(2)22-23-34-16-10-11-17-36(34)31-44(37-18-8-5-9-19-37)42-21-13-12-20-40(42)41-29-28-39(30-43(41)44)45(3)38-26-24-35(25-27-38)33-14-6-4-7-15-33;1-3-7-12-10(5-1)9-11-6-2-4-8-13(11)12/h4-30H,1,31H2,2-3H3;1-8H,9H2/b23-22-;. The van der Waals surface area contributed by atoms with Crippen LogP contribution in [0.1, 0.15) is 45.9 Å². The average molecular weight is 746 g/mol. The van der Waals surface area contributed by atoms with E-state index in [0.717, 1.165) is 24.1 Å². The number of benzene rings is 8. The van der Waals surface area contributed by atoms with E-state index in [1.807, 2.05) is 6.92 Å². The fraction of sp³-hybridized carbons (Fsp3) is 0.0877. The van der Waals surface area contributed by atoms with Gasteiger partial charge in [-0.15, -0.1) is 0 Å². The van der Waals surface area contributed by atoms with Crippen molar-refractivity contribution in [3.05, 3.63) is 257 Å². The number of nitrogens with zero attached hydrogens (tertiary/aromatic N) is 1. The molecule has 2 aliphatic rings. The van der Waals surface area contributed by atoms with Gasteiger partial charge in [0.1, 0.15) is 0 Å². The molecule has 1 nitrogen and oxygen atoms in total. The monoisotopic (exact) mass is 745 g/mol. The van der Waals surface area contributed by atoms with E-state index in [1.54, 1.807) is 0 Å². The highest BCUT2D eigenvalue weighted by Gasteiger charge is 2.45. The molecule has 10 rings (SSSR count). The van der Waals surface area contributed by atoms with Crippen molar-refractivity contribution >= 4 is 17.5 Å². The van der Waals surface area contributed by atoms with Crippen molar-refractivity contribution in [1.29, 1.82) is 0 Å². The zero-order valence-corrected chi connectivity index (χ0v) is 33.3. The second kappa shape index (κ2) is 15.9. The van der Waals surface area contributed by atoms with Crippen LogP contribution >= 0.6 is 0 Å². The fourth-order valence-electron chi connectivity index (χ4n) is 9.00. The first-order chi connectivity index (χ1) is 28.5. The van der Waals surface area contributed by atoms with Gasteiger partial charge in [-0.2, -0.15) is 0 Å². The average Bonchev–Trinajstić information content (AvgIpc) is 3.80. The second-order valence-electron chi connectivity index (χ2n) is 15.6. The molecular formula is C57H47N. The Morgan fingerprint density at radius 1 is 0.534 bits per heavy atom. The SMILES string of the molecule is C=C(C)/C=C\c1ccccc1CC1(c2ccccc2)c2ccccc2-c2ccc(N(C)c3ccc(-c4ccccc4)cc3)cc21.c1ccc2c(c1)Cc1ccccc1-2. The van der Waals surface area contributed by atoms with Crippen LogP contribution in [0.3, 0.4) is 0 Å². The molecule has 0 saturated heterocycles. The lowest BCUT2D eigenvalue weighted by molar-refractivity contribution is 0.629. The summed E-state index contributed by atoms with van der Waals surface area (Å²) in [4.78, 5) is 2.30. The number of hydrogen-bond acceptors (Lipinski definition) is 1. The summed E-state index contributed by atoms with van der Waals surface area (Å²) in [5.41, 5.74) is 20.4. The van der Waals surface area contributed by atoms with Gasteiger partial charge in [-0.05, 0) is 116 Å². The summed E-state index contributed by atoms with van der Waals surface area (Å²) in [7, 11) is 2.17.